The zero-order valence-electron chi connectivity index (χ0n) is 20.1. The van der Waals surface area contributed by atoms with Crippen molar-refractivity contribution in [3.05, 3.63) is 87.8 Å². The molecule has 3 aromatic rings. The van der Waals surface area contributed by atoms with Crippen LogP contribution in [0.25, 0.3) is 0 Å². The topological polar surface area (TPSA) is 68.7 Å². The van der Waals surface area contributed by atoms with E-state index in [-0.39, 0.29) is 24.4 Å². The van der Waals surface area contributed by atoms with Gasteiger partial charge in [-0.05, 0) is 84.8 Å². The molecule has 1 fully saturated rings. The van der Waals surface area contributed by atoms with E-state index in [0.29, 0.717) is 18.0 Å². The zero-order chi connectivity index (χ0) is 25.1. The number of pyridine rings is 1. The largest absolute Gasteiger partial charge is 0.395 e. The van der Waals surface area contributed by atoms with E-state index in [0.717, 1.165) is 72.7 Å². The number of carbonyl (C=O) groups is 1. The van der Waals surface area contributed by atoms with E-state index >= 15 is 0 Å². The second-order valence-corrected chi connectivity index (χ2v) is 9.93. The third-order valence-corrected chi connectivity index (χ3v) is 7.25. The number of nitrogens with zero attached hydrogens (tertiary/aromatic N) is 3. The number of anilines is 2. The van der Waals surface area contributed by atoms with Gasteiger partial charge < -0.3 is 20.2 Å². The Morgan fingerprint density at radius 1 is 1.11 bits per heavy atom. The van der Waals surface area contributed by atoms with E-state index in [1.807, 2.05) is 30.3 Å². The maximum absolute atomic E-state index is 13.8. The molecule has 1 amide bonds. The summed E-state index contributed by atoms with van der Waals surface area (Å²) in [5, 5.41) is 12.7. The monoisotopic (exact) mass is 508 g/mol. The standard InChI is InChI=1S/C28H30ClFN4O2/c29-21-15-20(16-22(30)18-21)14-19-4-8-31-27(17-19)34-11-7-24-25(2-1-3-26(24)34)28(36)32-23-5-9-33(10-6-23)12-13-35/h1-4,8,15-18,23,35H,5-7,9-14H2,(H,32,36). The van der Waals surface area contributed by atoms with Crippen LogP contribution < -0.4 is 10.2 Å². The first-order valence-electron chi connectivity index (χ1n) is 12.4. The fourth-order valence-corrected chi connectivity index (χ4v) is 5.50. The van der Waals surface area contributed by atoms with E-state index in [1.165, 1.54) is 12.1 Å². The lowest BCUT2D eigenvalue weighted by atomic mass is 10.0. The van der Waals surface area contributed by atoms with Crippen molar-refractivity contribution in [2.24, 2.45) is 0 Å². The fourth-order valence-electron chi connectivity index (χ4n) is 5.26. The molecule has 0 saturated carbocycles. The molecule has 8 heteroatoms. The number of fused-ring (bicyclic) bond motifs is 1. The van der Waals surface area contributed by atoms with E-state index in [4.69, 9.17) is 16.7 Å². The van der Waals surface area contributed by atoms with Crippen LogP contribution in [-0.2, 0) is 12.8 Å². The second-order valence-electron chi connectivity index (χ2n) is 9.49. The summed E-state index contributed by atoms with van der Waals surface area (Å²) in [7, 11) is 0. The van der Waals surface area contributed by atoms with E-state index in [1.54, 1.807) is 12.3 Å². The van der Waals surface area contributed by atoms with Crippen molar-refractivity contribution in [3.63, 3.8) is 0 Å². The predicted molar refractivity (Wildman–Crippen MR) is 140 cm³/mol. The minimum Gasteiger partial charge on any atom is -0.395 e. The van der Waals surface area contributed by atoms with Gasteiger partial charge in [0.05, 0.1) is 6.61 Å². The van der Waals surface area contributed by atoms with Crippen molar-refractivity contribution in [1.82, 2.24) is 15.2 Å². The highest BCUT2D eigenvalue weighted by molar-refractivity contribution is 6.30. The maximum Gasteiger partial charge on any atom is 0.251 e. The van der Waals surface area contributed by atoms with Crippen LogP contribution in [0.3, 0.4) is 0 Å². The van der Waals surface area contributed by atoms with E-state index in [2.05, 4.69) is 20.1 Å². The molecule has 0 bridgehead atoms. The lowest BCUT2D eigenvalue weighted by Gasteiger charge is -2.32. The molecule has 2 N–H and O–H groups in total. The van der Waals surface area contributed by atoms with Gasteiger partial charge in [0.1, 0.15) is 11.6 Å². The van der Waals surface area contributed by atoms with Crippen molar-refractivity contribution in [1.29, 1.82) is 0 Å². The van der Waals surface area contributed by atoms with Crippen molar-refractivity contribution in [3.8, 4) is 0 Å². The molecule has 188 valence electrons. The van der Waals surface area contributed by atoms with Gasteiger partial charge in [-0.15, -0.1) is 0 Å². The first-order chi connectivity index (χ1) is 17.5. The van der Waals surface area contributed by atoms with Crippen LogP contribution in [0.2, 0.25) is 5.02 Å². The molecule has 36 heavy (non-hydrogen) atoms. The molecule has 0 radical (unpaired) electrons. The molecule has 0 spiro atoms. The van der Waals surface area contributed by atoms with Crippen LogP contribution in [0.15, 0.2) is 54.7 Å². The normalized spacial score (nSPS) is 16.2. The highest BCUT2D eigenvalue weighted by atomic mass is 35.5. The van der Waals surface area contributed by atoms with Crippen LogP contribution in [0.1, 0.15) is 39.9 Å². The molecular formula is C28H30ClFN4O2. The van der Waals surface area contributed by atoms with Gasteiger partial charge in [0, 0.05) is 54.7 Å². The summed E-state index contributed by atoms with van der Waals surface area (Å²) in [4.78, 5) is 22.2. The molecule has 0 atom stereocenters. The summed E-state index contributed by atoms with van der Waals surface area (Å²) in [5.74, 6) is 0.434. The van der Waals surface area contributed by atoms with Crippen LogP contribution in [0.4, 0.5) is 15.9 Å². The average Bonchev–Trinajstić information content (AvgIpc) is 3.29. The molecule has 0 aliphatic carbocycles. The molecule has 6 nitrogen and oxygen atoms in total. The molecule has 2 aromatic carbocycles. The summed E-state index contributed by atoms with van der Waals surface area (Å²) in [6.07, 6.45) is 4.86. The Labute approximate surface area is 215 Å². The Morgan fingerprint density at radius 3 is 2.72 bits per heavy atom. The molecular weight excluding hydrogens is 479 g/mol. The summed E-state index contributed by atoms with van der Waals surface area (Å²) in [5.41, 5.74) is 4.57. The van der Waals surface area contributed by atoms with Gasteiger partial charge in [-0.1, -0.05) is 17.7 Å². The predicted octanol–water partition coefficient (Wildman–Crippen LogP) is 4.35. The highest BCUT2D eigenvalue weighted by Gasteiger charge is 2.28. The van der Waals surface area contributed by atoms with Crippen molar-refractivity contribution in [2.45, 2.75) is 31.7 Å². The third kappa shape index (κ3) is 5.53. The van der Waals surface area contributed by atoms with Crippen LogP contribution >= 0.6 is 11.6 Å². The number of halogens is 2. The first kappa shape index (κ1) is 24.7. The van der Waals surface area contributed by atoms with Gasteiger partial charge in [0.15, 0.2) is 0 Å². The molecule has 0 unspecified atom stereocenters. The number of aromatic nitrogens is 1. The second kappa shape index (κ2) is 10.9. The minimum atomic E-state index is -0.346. The molecule has 3 heterocycles. The number of benzene rings is 2. The molecule has 1 saturated heterocycles. The molecule has 1 aromatic heterocycles. The van der Waals surface area contributed by atoms with Crippen molar-refractivity contribution >= 4 is 29.0 Å². The summed E-state index contributed by atoms with van der Waals surface area (Å²) in [6, 6.07) is 14.5. The third-order valence-electron chi connectivity index (χ3n) is 7.03. The van der Waals surface area contributed by atoms with Crippen LogP contribution in [0, 0.1) is 5.82 Å². The van der Waals surface area contributed by atoms with Gasteiger partial charge in [0.2, 0.25) is 0 Å². The Hall–Kier alpha value is -3.00. The van der Waals surface area contributed by atoms with Crippen molar-refractivity contribution < 1.29 is 14.3 Å². The first-order valence-corrected chi connectivity index (χ1v) is 12.8. The number of amides is 1. The Morgan fingerprint density at radius 2 is 1.94 bits per heavy atom. The maximum atomic E-state index is 13.8. The number of nitrogens with one attached hydrogen (secondary N) is 1. The van der Waals surface area contributed by atoms with Gasteiger partial charge >= 0.3 is 0 Å². The van der Waals surface area contributed by atoms with Gasteiger partial charge in [0.25, 0.3) is 5.91 Å². The molecule has 2 aliphatic heterocycles. The number of aliphatic hydroxyl groups excluding tert-OH is 1. The minimum absolute atomic E-state index is 0.0287. The van der Waals surface area contributed by atoms with E-state index in [9.17, 15) is 9.18 Å². The Bertz CT molecular complexity index is 1230. The summed E-state index contributed by atoms with van der Waals surface area (Å²) >= 11 is 6.02. The fraction of sp³-hybridized carbons (Fsp3) is 0.357. The van der Waals surface area contributed by atoms with Gasteiger partial charge in [-0.25, -0.2) is 9.37 Å². The Kier molecular flexibility index (Phi) is 7.51. The van der Waals surface area contributed by atoms with Gasteiger partial charge in [-0.3, -0.25) is 4.79 Å². The average molecular weight is 509 g/mol. The molecule has 5 rings (SSSR count). The number of likely N-dealkylation sites (tertiary alicyclic amines) is 1. The summed E-state index contributed by atoms with van der Waals surface area (Å²) < 4.78 is 13.8. The molecule has 2 aliphatic rings. The lowest BCUT2D eigenvalue weighted by Crippen LogP contribution is -2.45. The number of hydrogen-bond acceptors (Lipinski definition) is 5. The van der Waals surface area contributed by atoms with Gasteiger partial charge in [-0.2, -0.15) is 0 Å². The smallest absolute Gasteiger partial charge is 0.251 e. The Balaban J connectivity index is 1.30. The van der Waals surface area contributed by atoms with E-state index < -0.39 is 0 Å². The van der Waals surface area contributed by atoms with Crippen LogP contribution in [-0.4, -0.2) is 59.7 Å². The zero-order valence-corrected chi connectivity index (χ0v) is 20.8. The number of rotatable bonds is 7. The number of piperidine rings is 1. The summed E-state index contributed by atoms with van der Waals surface area (Å²) in [6.45, 7) is 3.36. The van der Waals surface area contributed by atoms with Crippen LogP contribution in [0.5, 0.6) is 0 Å². The number of hydrogen-bond donors (Lipinski definition) is 2. The number of aliphatic hydroxyl groups is 1. The quantitative estimate of drug-likeness (QED) is 0.497. The highest BCUT2D eigenvalue weighted by Crippen LogP contribution is 2.36. The lowest BCUT2D eigenvalue weighted by molar-refractivity contribution is 0.0902. The number of β-amino-alcohol motifs (C(OH)–C–C–N with tert-alkyl or cyclic N) is 1. The number of carbonyl (C=O) groups excluding carboxylic acids is 1. The van der Waals surface area contributed by atoms with Crippen molar-refractivity contribution in [2.75, 3.05) is 37.7 Å². The SMILES string of the molecule is O=C(NC1CCN(CCO)CC1)c1cccc2c1CCN2c1cc(Cc2cc(F)cc(Cl)c2)ccn1.